The summed E-state index contributed by atoms with van der Waals surface area (Å²) in [5.41, 5.74) is -0.545. The van der Waals surface area contributed by atoms with Gasteiger partial charge in [-0.25, -0.2) is 4.79 Å². The van der Waals surface area contributed by atoms with Crippen LogP contribution >= 0.6 is 0 Å². The Morgan fingerprint density at radius 1 is 1.16 bits per heavy atom. The number of hydrogen-bond acceptors (Lipinski definition) is 5. The van der Waals surface area contributed by atoms with Gasteiger partial charge in [0.2, 0.25) is 11.8 Å². The summed E-state index contributed by atoms with van der Waals surface area (Å²) in [6.45, 7) is 10.5. The van der Waals surface area contributed by atoms with E-state index in [1.54, 1.807) is 23.6 Å². The van der Waals surface area contributed by atoms with E-state index in [0.29, 0.717) is 26.2 Å². The fourth-order valence-corrected chi connectivity index (χ4v) is 3.25. The molecule has 2 heterocycles. The molecule has 8 nitrogen and oxygen atoms in total. The van der Waals surface area contributed by atoms with Crippen molar-refractivity contribution >= 4 is 17.9 Å². The molecule has 3 amide bonds. The molecule has 2 rings (SSSR count). The third-order valence-corrected chi connectivity index (χ3v) is 4.69. The number of rotatable bonds is 3. The molecule has 2 aliphatic rings. The molecular formula is C17H29N3O5. The number of aliphatic hydroxyl groups excluding tert-OH is 1. The molecule has 0 radical (unpaired) electrons. The third-order valence-electron chi connectivity index (χ3n) is 4.69. The van der Waals surface area contributed by atoms with Crippen LogP contribution in [0.1, 0.15) is 34.6 Å². The van der Waals surface area contributed by atoms with Crippen molar-refractivity contribution in [3.05, 3.63) is 0 Å². The summed E-state index contributed by atoms with van der Waals surface area (Å²) in [5, 5.41) is 12.4. The minimum absolute atomic E-state index is 0.0699. The Balaban J connectivity index is 1.87. The predicted octanol–water partition coefficient (Wildman–Crippen LogP) is 0.197. The second-order valence-corrected chi connectivity index (χ2v) is 7.88. The van der Waals surface area contributed by atoms with Crippen molar-refractivity contribution in [2.24, 2.45) is 11.8 Å². The first-order chi connectivity index (χ1) is 11.5. The first kappa shape index (κ1) is 19.5. The zero-order valence-electron chi connectivity index (χ0n) is 15.6. The number of hydrogen-bond donors (Lipinski definition) is 2. The van der Waals surface area contributed by atoms with Gasteiger partial charge in [-0.15, -0.1) is 0 Å². The average molecular weight is 355 g/mol. The first-order valence-corrected chi connectivity index (χ1v) is 8.76. The van der Waals surface area contributed by atoms with Crippen molar-refractivity contribution in [2.75, 3.05) is 26.2 Å². The van der Waals surface area contributed by atoms with Gasteiger partial charge < -0.3 is 25.0 Å². The highest BCUT2D eigenvalue weighted by atomic mass is 16.6. The molecule has 0 aromatic heterocycles. The highest BCUT2D eigenvalue weighted by Crippen LogP contribution is 2.27. The van der Waals surface area contributed by atoms with Crippen LogP contribution in [0.5, 0.6) is 0 Å². The van der Waals surface area contributed by atoms with Crippen LogP contribution in [0, 0.1) is 11.8 Å². The number of amides is 3. The Bertz CT molecular complexity index is 535. The Labute approximate surface area is 148 Å². The van der Waals surface area contributed by atoms with Crippen LogP contribution in [0.25, 0.3) is 0 Å². The van der Waals surface area contributed by atoms with E-state index in [9.17, 15) is 19.5 Å². The van der Waals surface area contributed by atoms with E-state index in [1.165, 1.54) is 0 Å². The lowest BCUT2D eigenvalue weighted by Crippen LogP contribution is -2.66. The Morgan fingerprint density at radius 2 is 1.68 bits per heavy atom. The molecule has 0 aromatic rings. The van der Waals surface area contributed by atoms with E-state index < -0.39 is 23.5 Å². The quantitative estimate of drug-likeness (QED) is 0.705. The zero-order valence-corrected chi connectivity index (χ0v) is 15.6. The van der Waals surface area contributed by atoms with Gasteiger partial charge in [0.1, 0.15) is 5.60 Å². The number of carbonyl (C=O) groups excluding carboxylic acids is 3. The monoisotopic (exact) mass is 355 g/mol. The number of β-lactam (4-membered cyclic amide) rings is 1. The van der Waals surface area contributed by atoms with Crippen LogP contribution in [0.3, 0.4) is 0 Å². The number of ether oxygens (including phenoxy) is 1. The van der Waals surface area contributed by atoms with Gasteiger partial charge in [0, 0.05) is 26.2 Å². The Morgan fingerprint density at radius 3 is 2.12 bits per heavy atom. The van der Waals surface area contributed by atoms with Crippen LogP contribution in [0.4, 0.5) is 4.79 Å². The van der Waals surface area contributed by atoms with E-state index >= 15 is 0 Å². The number of piperazine rings is 1. The average Bonchev–Trinajstić information content (AvgIpc) is 2.49. The van der Waals surface area contributed by atoms with Gasteiger partial charge in [-0.2, -0.15) is 0 Å². The zero-order chi connectivity index (χ0) is 18.9. The summed E-state index contributed by atoms with van der Waals surface area (Å²) in [6, 6.07) is -0.344. The molecule has 2 saturated heterocycles. The van der Waals surface area contributed by atoms with E-state index in [0.717, 1.165) is 0 Å². The molecule has 2 aliphatic heterocycles. The lowest BCUT2D eigenvalue weighted by molar-refractivity contribution is -0.149. The lowest BCUT2D eigenvalue weighted by Gasteiger charge is -2.43. The highest BCUT2D eigenvalue weighted by Gasteiger charge is 2.48. The topological polar surface area (TPSA) is 99.2 Å². The maximum absolute atomic E-state index is 12.7. The molecule has 0 saturated carbocycles. The molecule has 8 heteroatoms. The van der Waals surface area contributed by atoms with Crippen LogP contribution in [-0.4, -0.2) is 76.7 Å². The molecule has 25 heavy (non-hydrogen) atoms. The Kier molecular flexibility index (Phi) is 5.61. The van der Waals surface area contributed by atoms with Crippen molar-refractivity contribution in [3.8, 4) is 0 Å². The second-order valence-electron chi connectivity index (χ2n) is 7.88. The minimum atomic E-state index is -0.780. The normalized spacial score (nSPS) is 26.4. The molecule has 0 aromatic carbocycles. The standard InChI is InChI=1S/C17H29N3O5/c1-10(13-12(11(2)21)14(22)18-13)15(23)19-6-8-20(9-7-19)16(24)25-17(3,4)5/h10-13,21H,6-9H2,1-5H3,(H,18,22)/t10?,11-,12-,13-/m1/s1. The lowest BCUT2D eigenvalue weighted by atomic mass is 9.78. The molecule has 2 N–H and O–H groups in total. The summed E-state index contributed by atoms with van der Waals surface area (Å²) in [6.07, 6.45) is -1.15. The second kappa shape index (κ2) is 7.19. The number of aliphatic hydroxyl groups is 1. The van der Waals surface area contributed by atoms with Crippen molar-refractivity contribution in [1.29, 1.82) is 0 Å². The largest absolute Gasteiger partial charge is 0.444 e. The van der Waals surface area contributed by atoms with Crippen LogP contribution in [-0.2, 0) is 14.3 Å². The van der Waals surface area contributed by atoms with Gasteiger partial charge in [-0.05, 0) is 27.7 Å². The summed E-state index contributed by atoms with van der Waals surface area (Å²) < 4.78 is 5.35. The third kappa shape index (κ3) is 4.42. The minimum Gasteiger partial charge on any atom is -0.444 e. The summed E-state index contributed by atoms with van der Waals surface area (Å²) >= 11 is 0. The predicted molar refractivity (Wildman–Crippen MR) is 90.7 cm³/mol. The van der Waals surface area contributed by atoms with Crippen LogP contribution in [0.2, 0.25) is 0 Å². The molecule has 1 unspecified atom stereocenters. The number of carbonyl (C=O) groups is 3. The molecule has 0 aliphatic carbocycles. The molecule has 2 fully saturated rings. The first-order valence-electron chi connectivity index (χ1n) is 8.76. The highest BCUT2D eigenvalue weighted by molar-refractivity contribution is 5.90. The van der Waals surface area contributed by atoms with Gasteiger partial charge in [-0.1, -0.05) is 6.92 Å². The van der Waals surface area contributed by atoms with Crippen molar-refractivity contribution in [3.63, 3.8) is 0 Å². The fourth-order valence-electron chi connectivity index (χ4n) is 3.25. The van der Waals surface area contributed by atoms with E-state index in [2.05, 4.69) is 5.32 Å². The Hall–Kier alpha value is -1.83. The van der Waals surface area contributed by atoms with Gasteiger partial charge in [0.25, 0.3) is 0 Å². The molecule has 4 atom stereocenters. The van der Waals surface area contributed by atoms with Crippen LogP contribution < -0.4 is 5.32 Å². The van der Waals surface area contributed by atoms with Crippen molar-refractivity contribution in [2.45, 2.75) is 52.4 Å². The maximum atomic E-state index is 12.7. The smallest absolute Gasteiger partial charge is 0.410 e. The molecule has 0 spiro atoms. The fraction of sp³-hybridized carbons (Fsp3) is 0.824. The van der Waals surface area contributed by atoms with Gasteiger partial charge >= 0.3 is 6.09 Å². The van der Waals surface area contributed by atoms with Gasteiger partial charge in [-0.3, -0.25) is 9.59 Å². The maximum Gasteiger partial charge on any atom is 0.410 e. The van der Waals surface area contributed by atoms with E-state index in [1.807, 2.05) is 20.8 Å². The van der Waals surface area contributed by atoms with Crippen molar-refractivity contribution < 1.29 is 24.2 Å². The SMILES string of the molecule is CC(C(=O)N1CCN(C(=O)OC(C)(C)C)CC1)[C@H]1NC(=O)[C@@H]1[C@@H](C)O. The van der Waals surface area contributed by atoms with Crippen LogP contribution in [0.15, 0.2) is 0 Å². The summed E-state index contributed by atoms with van der Waals surface area (Å²) in [7, 11) is 0. The number of nitrogens with one attached hydrogen (secondary N) is 1. The summed E-state index contributed by atoms with van der Waals surface area (Å²) in [4.78, 5) is 39.6. The molecular weight excluding hydrogens is 326 g/mol. The molecule has 142 valence electrons. The van der Waals surface area contributed by atoms with Crippen molar-refractivity contribution in [1.82, 2.24) is 15.1 Å². The van der Waals surface area contributed by atoms with E-state index in [4.69, 9.17) is 4.74 Å². The molecule has 0 bridgehead atoms. The van der Waals surface area contributed by atoms with E-state index in [-0.39, 0.29) is 23.9 Å². The summed E-state index contributed by atoms with van der Waals surface area (Å²) in [5.74, 6) is -1.23. The number of nitrogens with zero attached hydrogens (tertiary/aromatic N) is 2. The van der Waals surface area contributed by atoms with Gasteiger partial charge in [0.15, 0.2) is 0 Å². The van der Waals surface area contributed by atoms with Gasteiger partial charge in [0.05, 0.1) is 24.0 Å².